The molecule has 0 bridgehead atoms. The first kappa shape index (κ1) is 23.3. The summed E-state index contributed by atoms with van der Waals surface area (Å²) in [6.45, 7) is 3.22. The van der Waals surface area contributed by atoms with E-state index in [1.807, 2.05) is 25.1 Å². The Labute approximate surface area is 191 Å². The Kier molecular flexibility index (Phi) is 7.15. The zero-order valence-corrected chi connectivity index (χ0v) is 18.3. The molecule has 1 aliphatic heterocycles. The summed E-state index contributed by atoms with van der Waals surface area (Å²) < 4.78 is 1.68. The fourth-order valence-corrected chi connectivity index (χ4v) is 3.89. The number of anilines is 2. The van der Waals surface area contributed by atoms with E-state index in [0.29, 0.717) is 53.5 Å². The monoisotopic (exact) mass is 453 g/mol. The van der Waals surface area contributed by atoms with Gasteiger partial charge in [0.25, 0.3) is 5.91 Å². The molecule has 0 radical (unpaired) electrons. The van der Waals surface area contributed by atoms with Crippen molar-refractivity contribution in [1.82, 2.24) is 9.78 Å². The van der Waals surface area contributed by atoms with Gasteiger partial charge < -0.3 is 20.8 Å². The van der Waals surface area contributed by atoms with Crippen molar-refractivity contribution in [3.8, 4) is 11.8 Å². The number of aliphatic hydroxyl groups is 1. The Morgan fingerprint density at radius 1 is 1.22 bits per heavy atom. The molecule has 2 aromatic carbocycles. The van der Waals surface area contributed by atoms with E-state index in [9.17, 15) is 15.2 Å². The first-order valence-corrected chi connectivity index (χ1v) is 10.4. The lowest BCUT2D eigenvalue weighted by molar-refractivity contribution is 0.102. The summed E-state index contributed by atoms with van der Waals surface area (Å²) in [4.78, 5) is 14.9. The van der Waals surface area contributed by atoms with Crippen molar-refractivity contribution >= 4 is 28.9 Å². The van der Waals surface area contributed by atoms with E-state index in [4.69, 9.17) is 11.6 Å². The molecule has 8 nitrogen and oxygen atoms in total. The molecular weight excluding hydrogens is 430 g/mol. The maximum absolute atomic E-state index is 12.8. The minimum Gasteiger partial charge on any atom is -0.412 e. The van der Waals surface area contributed by atoms with Gasteiger partial charge in [-0.1, -0.05) is 11.6 Å². The average molecular weight is 454 g/mol. The molecule has 0 aliphatic carbocycles. The molecule has 0 spiro atoms. The number of piperidine rings is 1. The summed E-state index contributed by atoms with van der Waals surface area (Å²) in [5.74, 6) is -0.296. The van der Waals surface area contributed by atoms with Gasteiger partial charge >= 0.3 is 0 Å². The summed E-state index contributed by atoms with van der Waals surface area (Å²) in [5, 5.41) is 27.1. The van der Waals surface area contributed by atoms with Gasteiger partial charge in [-0.2, -0.15) is 10.4 Å². The third-order valence-corrected chi connectivity index (χ3v) is 5.76. The molecule has 1 fully saturated rings. The smallest absolute Gasteiger partial charge is 0.259 e. The summed E-state index contributed by atoms with van der Waals surface area (Å²) in [5.41, 5.74) is 3.80. The second kappa shape index (κ2) is 9.83. The normalized spacial score (nSPS) is 13.9. The molecule has 1 amide bonds. The third kappa shape index (κ3) is 4.75. The summed E-state index contributed by atoms with van der Waals surface area (Å²) in [6.07, 6.45) is 2.61. The topological polar surface area (TPSA) is 126 Å². The van der Waals surface area contributed by atoms with Crippen molar-refractivity contribution in [2.45, 2.75) is 25.9 Å². The molecule has 32 heavy (non-hydrogen) atoms. The number of nitrogens with one attached hydrogen (secondary N) is 1. The van der Waals surface area contributed by atoms with E-state index >= 15 is 0 Å². The van der Waals surface area contributed by atoms with E-state index in [-0.39, 0.29) is 17.5 Å². The maximum Gasteiger partial charge on any atom is 0.259 e. The van der Waals surface area contributed by atoms with Gasteiger partial charge in [-0.3, -0.25) is 4.79 Å². The van der Waals surface area contributed by atoms with E-state index < -0.39 is 0 Å². The zero-order valence-electron chi connectivity index (χ0n) is 17.5. The molecule has 0 unspecified atom stereocenters. The second-order valence-corrected chi connectivity index (χ2v) is 7.98. The predicted octanol–water partition coefficient (Wildman–Crippen LogP) is 3.09. The van der Waals surface area contributed by atoms with Gasteiger partial charge in [0.15, 0.2) is 0 Å². The highest BCUT2D eigenvalue weighted by Crippen LogP contribution is 2.27. The highest BCUT2D eigenvalue weighted by molar-refractivity contribution is 6.30. The molecular formula is C23H24ClN5O3. The fraction of sp³-hybridized carbons (Fsp3) is 0.261. The van der Waals surface area contributed by atoms with Crippen molar-refractivity contribution in [2.75, 3.05) is 23.3 Å². The van der Waals surface area contributed by atoms with Crippen molar-refractivity contribution < 1.29 is 15.4 Å². The standard InChI is InChI=1S/C23H22ClN5O2.H2O/c1-15-21(14-26-29(15)19-5-2-17(24)3-6-19)23(31)27-18-4-7-22(16(12-18)13-25)28-10-8-20(30)9-11-28;/h2-7,12,14,20,30H,8-11H2,1H3,(H,27,31);1H2. The Morgan fingerprint density at radius 3 is 2.56 bits per heavy atom. The highest BCUT2D eigenvalue weighted by atomic mass is 35.5. The molecule has 2 heterocycles. The fourth-order valence-electron chi connectivity index (χ4n) is 3.76. The average Bonchev–Trinajstić information content (AvgIpc) is 3.16. The molecule has 0 saturated carbocycles. The minimum atomic E-state index is -0.296. The summed E-state index contributed by atoms with van der Waals surface area (Å²) in [7, 11) is 0. The van der Waals surface area contributed by atoms with Crippen LogP contribution in [0.2, 0.25) is 5.02 Å². The molecule has 166 valence electrons. The van der Waals surface area contributed by atoms with Gasteiger partial charge in [0, 0.05) is 23.8 Å². The van der Waals surface area contributed by atoms with Gasteiger partial charge in [-0.25, -0.2) is 4.68 Å². The van der Waals surface area contributed by atoms with E-state index in [1.165, 1.54) is 6.20 Å². The van der Waals surface area contributed by atoms with Crippen LogP contribution in [0.25, 0.3) is 5.69 Å². The minimum absolute atomic E-state index is 0. The summed E-state index contributed by atoms with van der Waals surface area (Å²) in [6, 6.07) is 14.7. The number of nitriles is 1. The van der Waals surface area contributed by atoms with Crippen LogP contribution in [-0.2, 0) is 0 Å². The maximum atomic E-state index is 12.8. The number of carbonyl (C=O) groups is 1. The lowest BCUT2D eigenvalue weighted by atomic mass is 10.0. The van der Waals surface area contributed by atoms with Crippen LogP contribution in [0, 0.1) is 18.3 Å². The molecule has 9 heteroatoms. The van der Waals surface area contributed by atoms with Crippen molar-refractivity contribution in [1.29, 1.82) is 5.26 Å². The van der Waals surface area contributed by atoms with Crippen molar-refractivity contribution in [3.05, 3.63) is 70.5 Å². The lowest BCUT2D eigenvalue weighted by Crippen LogP contribution is -2.36. The Morgan fingerprint density at radius 2 is 1.91 bits per heavy atom. The summed E-state index contributed by atoms with van der Waals surface area (Å²) >= 11 is 5.95. The van der Waals surface area contributed by atoms with Crippen LogP contribution in [0.5, 0.6) is 0 Å². The van der Waals surface area contributed by atoms with Gasteiger partial charge in [0.2, 0.25) is 0 Å². The largest absolute Gasteiger partial charge is 0.412 e. The number of hydrogen-bond donors (Lipinski definition) is 2. The molecule has 3 aromatic rings. The predicted molar refractivity (Wildman–Crippen MR) is 123 cm³/mol. The number of nitrogens with zero attached hydrogens (tertiary/aromatic N) is 4. The number of benzene rings is 2. The highest BCUT2D eigenvalue weighted by Gasteiger charge is 2.20. The number of carbonyl (C=O) groups excluding carboxylic acids is 1. The van der Waals surface area contributed by atoms with Crippen LogP contribution >= 0.6 is 11.6 Å². The van der Waals surface area contributed by atoms with Crippen LogP contribution < -0.4 is 10.2 Å². The van der Waals surface area contributed by atoms with E-state index in [0.717, 1.165) is 11.4 Å². The number of amides is 1. The third-order valence-electron chi connectivity index (χ3n) is 5.51. The number of halogens is 1. The second-order valence-electron chi connectivity index (χ2n) is 7.55. The lowest BCUT2D eigenvalue weighted by Gasteiger charge is -2.32. The van der Waals surface area contributed by atoms with Gasteiger partial charge in [-0.05, 0) is 62.2 Å². The molecule has 4 N–H and O–H groups in total. The molecule has 1 saturated heterocycles. The van der Waals surface area contributed by atoms with Gasteiger partial charge in [0.1, 0.15) is 6.07 Å². The first-order chi connectivity index (χ1) is 15.0. The molecule has 4 rings (SSSR count). The Balaban J connectivity index is 0.00000289. The SMILES string of the molecule is Cc1c(C(=O)Nc2ccc(N3CCC(O)CC3)c(C#N)c2)cnn1-c1ccc(Cl)cc1.O. The molecule has 1 aromatic heterocycles. The van der Waals surface area contributed by atoms with Gasteiger partial charge in [0.05, 0.1) is 40.5 Å². The Bertz CT molecular complexity index is 1150. The van der Waals surface area contributed by atoms with Gasteiger partial charge in [-0.15, -0.1) is 0 Å². The van der Waals surface area contributed by atoms with Crippen molar-refractivity contribution in [2.24, 2.45) is 0 Å². The molecule has 1 aliphatic rings. The van der Waals surface area contributed by atoms with Crippen LogP contribution in [-0.4, -0.2) is 45.5 Å². The van der Waals surface area contributed by atoms with E-state index in [2.05, 4.69) is 21.4 Å². The quantitative estimate of drug-likeness (QED) is 0.627. The zero-order chi connectivity index (χ0) is 22.0. The van der Waals surface area contributed by atoms with Crippen molar-refractivity contribution in [3.63, 3.8) is 0 Å². The van der Waals surface area contributed by atoms with E-state index in [1.54, 1.807) is 28.9 Å². The van der Waals surface area contributed by atoms with Crippen LogP contribution in [0.3, 0.4) is 0 Å². The van der Waals surface area contributed by atoms with Crippen LogP contribution in [0.1, 0.15) is 34.5 Å². The number of hydrogen-bond acceptors (Lipinski definition) is 5. The first-order valence-electron chi connectivity index (χ1n) is 10.1. The van der Waals surface area contributed by atoms with Crippen LogP contribution in [0.4, 0.5) is 11.4 Å². The number of rotatable bonds is 4. The molecule has 0 atom stereocenters. The number of aliphatic hydroxyl groups excluding tert-OH is 1. The number of aromatic nitrogens is 2. The Hall–Kier alpha value is -3.38. The van der Waals surface area contributed by atoms with Crippen LogP contribution in [0.15, 0.2) is 48.7 Å².